The molecule has 14 nitrogen and oxygen atoms in total. The molecule has 0 fully saturated rings. The Labute approximate surface area is 192 Å². The third kappa shape index (κ3) is 20.3. The van der Waals surface area contributed by atoms with Crippen molar-refractivity contribution >= 4 is 31.6 Å². The van der Waals surface area contributed by atoms with Crippen molar-refractivity contribution in [2.24, 2.45) is 0 Å². The molecule has 0 radical (unpaired) electrons. The van der Waals surface area contributed by atoms with Crippen LogP contribution in [0, 0.1) is 0 Å². The highest BCUT2D eigenvalue weighted by atomic mass is 31.2. The summed E-state index contributed by atoms with van der Waals surface area (Å²) in [5.74, 6) is -2.14. The van der Waals surface area contributed by atoms with Gasteiger partial charge >= 0.3 is 11.9 Å². The van der Waals surface area contributed by atoms with Gasteiger partial charge in [0.2, 0.25) is 11.8 Å². The number of esters is 2. The molecule has 0 saturated carbocycles. The summed E-state index contributed by atoms with van der Waals surface area (Å²) >= 11 is 0. The lowest BCUT2D eigenvalue weighted by atomic mass is 10.4. The smallest absolute Gasteiger partial charge is 0.303 e. The van der Waals surface area contributed by atoms with Gasteiger partial charge in [0.25, 0.3) is 7.82 Å². The number of amides is 2. The van der Waals surface area contributed by atoms with E-state index in [1.165, 1.54) is 0 Å². The Balaban J connectivity index is 3.95. The van der Waals surface area contributed by atoms with Crippen molar-refractivity contribution in [2.45, 2.75) is 39.8 Å². The van der Waals surface area contributed by atoms with Crippen molar-refractivity contribution in [3.05, 3.63) is 0 Å². The first-order chi connectivity index (χ1) is 15.4. The average molecular weight is 499 g/mol. The second-order valence-electron chi connectivity index (χ2n) is 6.79. The maximum absolute atomic E-state index is 11.7. The van der Waals surface area contributed by atoms with Crippen LogP contribution in [0.5, 0.6) is 0 Å². The highest BCUT2D eigenvalue weighted by molar-refractivity contribution is 7.45. The number of phosphoric ester groups is 1. The predicted octanol–water partition coefficient (Wildman–Crippen LogP) is -1.34. The van der Waals surface area contributed by atoms with Gasteiger partial charge in [-0.25, -0.2) is 0 Å². The van der Waals surface area contributed by atoms with E-state index in [0.717, 1.165) is 13.8 Å². The minimum absolute atomic E-state index is 0.0112. The second-order valence-corrected chi connectivity index (χ2v) is 8.20. The van der Waals surface area contributed by atoms with E-state index in [0.29, 0.717) is 0 Å². The quantitative estimate of drug-likeness (QED) is 0.128. The van der Waals surface area contributed by atoms with Gasteiger partial charge in [0.15, 0.2) is 6.10 Å². The van der Waals surface area contributed by atoms with Gasteiger partial charge in [-0.15, -0.1) is 0 Å². The number of ether oxygens (including phenoxy) is 4. The van der Waals surface area contributed by atoms with Gasteiger partial charge in [-0.05, 0) is 13.8 Å². The summed E-state index contributed by atoms with van der Waals surface area (Å²) in [5, 5.41) is 5.03. The van der Waals surface area contributed by atoms with E-state index in [4.69, 9.17) is 14.2 Å². The van der Waals surface area contributed by atoms with Crippen LogP contribution in [0.3, 0.4) is 0 Å². The number of carbonyl (C=O) groups excluding carboxylic acids is 4. The standard InChI is InChI=1S/C18H33N2O12P/c1-13(2)20-18(24)12-28-8-7-27-11-17(23)19-5-6-30-33(25,26)31-10-16(32-15(4)22)9-29-14(3)21/h13,16H,5-12H2,1-4H3,(H,19,23)(H,20,24)(H,25,26)/p-1/t16-/m1/s1. The van der Waals surface area contributed by atoms with Crippen molar-refractivity contribution in [3.8, 4) is 0 Å². The van der Waals surface area contributed by atoms with Crippen LogP contribution in [-0.2, 0) is 51.7 Å². The van der Waals surface area contributed by atoms with E-state index in [2.05, 4.69) is 24.4 Å². The molecule has 0 aromatic rings. The molecule has 0 spiro atoms. The molecule has 0 aromatic heterocycles. The molecule has 0 rings (SSSR count). The minimum atomic E-state index is -4.76. The van der Waals surface area contributed by atoms with Gasteiger partial charge in [-0.1, -0.05) is 0 Å². The Morgan fingerprint density at radius 1 is 0.879 bits per heavy atom. The fraction of sp³-hybridized carbons (Fsp3) is 0.778. The summed E-state index contributed by atoms with van der Waals surface area (Å²) in [7, 11) is -4.76. The van der Waals surface area contributed by atoms with E-state index in [9.17, 15) is 28.6 Å². The van der Waals surface area contributed by atoms with Gasteiger partial charge < -0.3 is 43.5 Å². The molecular formula is C18H32N2O12P-. The number of phosphoric acid groups is 1. The number of hydrogen-bond acceptors (Lipinski definition) is 12. The summed E-state index contributed by atoms with van der Waals surface area (Å²) < 4.78 is 40.5. The molecule has 0 saturated heterocycles. The molecule has 0 aromatic carbocycles. The van der Waals surface area contributed by atoms with Gasteiger partial charge in [-0.2, -0.15) is 0 Å². The van der Waals surface area contributed by atoms with Crippen LogP contribution in [0.1, 0.15) is 27.7 Å². The van der Waals surface area contributed by atoms with Crippen LogP contribution >= 0.6 is 7.82 Å². The molecule has 2 atom stereocenters. The first-order valence-corrected chi connectivity index (χ1v) is 11.5. The van der Waals surface area contributed by atoms with Crippen LogP contribution in [0.2, 0.25) is 0 Å². The SMILES string of the molecule is CC(=O)OC[C@H](COP(=O)([O-])OCCNC(=O)COCCOCC(=O)NC(C)C)OC(C)=O. The van der Waals surface area contributed by atoms with Gasteiger partial charge in [0, 0.05) is 26.4 Å². The molecule has 33 heavy (non-hydrogen) atoms. The van der Waals surface area contributed by atoms with E-state index >= 15 is 0 Å². The third-order valence-corrected chi connectivity index (χ3v) is 4.15. The van der Waals surface area contributed by atoms with Crippen LogP contribution in [-0.4, -0.2) is 88.7 Å². The molecular weight excluding hydrogens is 467 g/mol. The first kappa shape index (κ1) is 30.9. The van der Waals surface area contributed by atoms with E-state index in [1.807, 2.05) is 13.8 Å². The van der Waals surface area contributed by atoms with Crippen molar-refractivity contribution in [1.82, 2.24) is 10.6 Å². The molecule has 2 N–H and O–H groups in total. The topological polar surface area (TPSA) is 188 Å². The average Bonchev–Trinajstić information content (AvgIpc) is 2.69. The predicted molar refractivity (Wildman–Crippen MR) is 110 cm³/mol. The highest BCUT2D eigenvalue weighted by Crippen LogP contribution is 2.38. The molecule has 1 unspecified atom stereocenters. The lowest BCUT2D eigenvalue weighted by molar-refractivity contribution is -0.228. The fourth-order valence-electron chi connectivity index (χ4n) is 1.98. The second kappa shape index (κ2) is 17.4. The lowest BCUT2D eigenvalue weighted by Crippen LogP contribution is -2.34. The zero-order valence-electron chi connectivity index (χ0n) is 19.2. The largest absolute Gasteiger partial charge is 0.756 e. The Bertz CT molecular complexity index is 673. The minimum Gasteiger partial charge on any atom is -0.756 e. The summed E-state index contributed by atoms with van der Waals surface area (Å²) in [5.41, 5.74) is 0. The molecule has 15 heteroatoms. The van der Waals surface area contributed by atoms with Crippen LogP contribution < -0.4 is 15.5 Å². The Morgan fingerprint density at radius 3 is 2.03 bits per heavy atom. The fourth-order valence-corrected chi connectivity index (χ4v) is 2.72. The Hall–Kier alpha value is -2.09. The zero-order valence-corrected chi connectivity index (χ0v) is 20.1. The number of nitrogens with one attached hydrogen (secondary N) is 2. The Morgan fingerprint density at radius 2 is 1.48 bits per heavy atom. The number of carbonyl (C=O) groups is 4. The van der Waals surface area contributed by atoms with Crippen molar-refractivity contribution < 1.29 is 56.6 Å². The van der Waals surface area contributed by atoms with Crippen LogP contribution in [0.4, 0.5) is 0 Å². The maximum Gasteiger partial charge on any atom is 0.303 e. The normalized spacial score (nSPS) is 13.6. The highest BCUT2D eigenvalue weighted by Gasteiger charge is 2.19. The molecule has 0 heterocycles. The number of rotatable bonds is 18. The molecule has 0 aliphatic rings. The third-order valence-electron chi connectivity index (χ3n) is 3.19. The summed E-state index contributed by atoms with van der Waals surface area (Å²) in [4.78, 5) is 56.5. The molecule has 0 aliphatic carbocycles. The van der Waals surface area contributed by atoms with E-state index < -0.39 is 45.0 Å². The molecule has 0 aliphatic heterocycles. The Kier molecular flexibility index (Phi) is 16.3. The van der Waals surface area contributed by atoms with Crippen molar-refractivity contribution in [2.75, 3.05) is 52.8 Å². The van der Waals surface area contributed by atoms with Crippen molar-refractivity contribution in [3.63, 3.8) is 0 Å². The molecule has 192 valence electrons. The van der Waals surface area contributed by atoms with Crippen LogP contribution in [0.15, 0.2) is 0 Å². The van der Waals surface area contributed by atoms with Gasteiger partial charge in [-0.3, -0.25) is 23.7 Å². The van der Waals surface area contributed by atoms with Gasteiger partial charge in [0.05, 0.1) is 26.4 Å². The number of hydrogen-bond donors (Lipinski definition) is 2. The molecule has 2 amide bonds. The lowest BCUT2D eigenvalue weighted by Gasteiger charge is -2.25. The first-order valence-electron chi connectivity index (χ1n) is 10.0. The van der Waals surface area contributed by atoms with E-state index in [-0.39, 0.29) is 51.5 Å². The monoisotopic (exact) mass is 499 g/mol. The van der Waals surface area contributed by atoms with Gasteiger partial charge in [0.1, 0.15) is 19.8 Å². The summed E-state index contributed by atoms with van der Waals surface area (Å²) in [6.45, 7) is 4.09. The maximum atomic E-state index is 11.7. The molecule has 0 bridgehead atoms. The summed E-state index contributed by atoms with van der Waals surface area (Å²) in [6, 6.07) is 0.0112. The van der Waals surface area contributed by atoms with E-state index in [1.54, 1.807) is 0 Å². The summed E-state index contributed by atoms with van der Waals surface area (Å²) in [6.07, 6.45) is -1.14. The zero-order chi connectivity index (χ0) is 25.3. The van der Waals surface area contributed by atoms with Crippen molar-refractivity contribution in [1.29, 1.82) is 0 Å². The van der Waals surface area contributed by atoms with Crippen LogP contribution in [0.25, 0.3) is 0 Å².